The van der Waals surface area contributed by atoms with E-state index in [1.807, 2.05) is 23.0 Å². The molecule has 0 saturated carbocycles. The van der Waals surface area contributed by atoms with Gasteiger partial charge in [-0.25, -0.2) is 0 Å². The van der Waals surface area contributed by atoms with Gasteiger partial charge in [0.05, 0.1) is 0 Å². The molecule has 1 amide bonds. The molecule has 7 nitrogen and oxygen atoms in total. The largest absolute Gasteiger partial charge is 0.352 e. The molecule has 0 unspecified atom stereocenters. The summed E-state index contributed by atoms with van der Waals surface area (Å²) in [4.78, 5) is 18.7. The molecule has 1 N–H and O–H groups in total. The topological polar surface area (TPSA) is 75.9 Å². The van der Waals surface area contributed by atoms with Crippen molar-refractivity contribution in [2.75, 3.05) is 20.1 Å². The lowest BCUT2D eigenvalue weighted by atomic mass is 9.73. The van der Waals surface area contributed by atoms with Gasteiger partial charge < -0.3 is 9.88 Å². The summed E-state index contributed by atoms with van der Waals surface area (Å²) in [7, 11) is 1.64. The molecule has 132 valence electrons. The summed E-state index contributed by atoms with van der Waals surface area (Å²) < 4.78 is 2.04. The van der Waals surface area contributed by atoms with Crippen LogP contribution in [0, 0.1) is 5.41 Å². The third kappa shape index (κ3) is 3.16. The molecule has 2 aliphatic rings. The number of aromatic nitrogens is 4. The van der Waals surface area contributed by atoms with E-state index in [0.29, 0.717) is 5.82 Å². The molecule has 0 aliphatic carbocycles. The minimum Gasteiger partial charge on any atom is -0.352 e. The highest BCUT2D eigenvalue weighted by Crippen LogP contribution is 2.41. The maximum atomic E-state index is 12.0. The molecule has 0 radical (unpaired) electrons. The van der Waals surface area contributed by atoms with Gasteiger partial charge in [-0.15, -0.1) is 10.2 Å². The first-order chi connectivity index (χ1) is 12.2. The number of aryl methyl sites for hydroxylation is 1. The highest BCUT2D eigenvalue weighted by molar-refractivity contribution is 5.90. The number of pyridine rings is 1. The highest BCUT2D eigenvalue weighted by Gasteiger charge is 2.39. The third-order valence-electron chi connectivity index (χ3n) is 5.68. The van der Waals surface area contributed by atoms with Crippen molar-refractivity contribution < 1.29 is 4.79 Å². The summed E-state index contributed by atoms with van der Waals surface area (Å²) in [6.45, 7) is 3.99. The molecule has 2 aromatic heterocycles. The van der Waals surface area contributed by atoms with E-state index in [0.717, 1.165) is 57.7 Å². The van der Waals surface area contributed by atoms with Gasteiger partial charge in [0, 0.05) is 39.0 Å². The quantitative estimate of drug-likeness (QED) is 0.910. The predicted octanol–water partition coefficient (Wildman–Crippen LogP) is 1.26. The molecular formula is C18H24N6O. The van der Waals surface area contributed by atoms with Crippen molar-refractivity contribution in [2.24, 2.45) is 5.41 Å². The van der Waals surface area contributed by atoms with E-state index in [1.165, 1.54) is 5.56 Å². The third-order valence-corrected chi connectivity index (χ3v) is 5.68. The molecule has 1 spiro atoms. The number of carbonyl (C=O) groups is 1. The monoisotopic (exact) mass is 340 g/mol. The van der Waals surface area contributed by atoms with Crippen molar-refractivity contribution in [1.82, 2.24) is 30.0 Å². The minimum absolute atomic E-state index is 0.148. The summed E-state index contributed by atoms with van der Waals surface area (Å²) in [6, 6.07) is 4.13. The van der Waals surface area contributed by atoms with Crippen LogP contribution < -0.4 is 5.32 Å². The Balaban J connectivity index is 1.43. The van der Waals surface area contributed by atoms with Crippen LogP contribution in [-0.4, -0.2) is 50.7 Å². The van der Waals surface area contributed by atoms with Crippen LogP contribution in [0.5, 0.6) is 0 Å². The molecule has 4 heterocycles. The van der Waals surface area contributed by atoms with Gasteiger partial charge in [-0.2, -0.15) is 0 Å². The Morgan fingerprint density at radius 1 is 1.28 bits per heavy atom. The Morgan fingerprint density at radius 3 is 2.84 bits per heavy atom. The number of nitrogens with one attached hydrogen (secondary N) is 1. The maximum absolute atomic E-state index is 12.0. The van der Waals surface area contributed by atoms with Crippen LogP contribution in [0.4, 0.5) is 0 Å². The van der Waals surface area contributed by atoms with Gasteiger partial charge in [-0.3, -0.25) is 14.7 Å². The van der Waals surface area contributed by atoms with Crippen molar-refractivity contribution in [3.63, 3.8) is 0 Å². The van der Waals surface area contributed by atoms with E-state index in [2.05, 4.69) is 31.5 Å². The van der Waals surface area contributed by atoms with Crippen LogP contribution in [0.2, 0.25) is 0 Å². The minimum atomic E-state index is -0.148. The summed E-state index contributed by atoms with van der Waals surface area (Å²) in [6.07, 6.45) is 8.11. The molecule has 0 aromatic carbocycles. The molecule has 0 atom stereocenters. The second-order valence-corrected chi connectivity index (χ2v) is 7.24. The Morgan fingerprint density at radius 2 is 2.12 bits per heavy atom. The second kappa shape index (κ2) is 6.55. The molecule has 1 fully saturated rings. The SMILES string of the molecule is CNC(=O)c1nnc2n1CC1(CC2)CCN(Cc2cccnc2)CC1. The standard InChI is InChI=1S/C18H24N6O/c1-19-17(25)16-22-21-15-4-5-18(13-24(15)16)6-9-23(10-7-18)12-14-3-2-8-20-11-14/h2-3,8,11H,4-7,9-10,12-13H2,1H3,(H,19,25). The van der Waals surface area contributed by atoms with Crippen molar-refractivity contribution in [3.05, 3.63) is 41.7 Å². The lowest BCUT2D eigenvalue weighted by Crippen LogP contribution is -2.44. The number of rotatable bonds is 3. The Labute approximate surface area is 147 Å². The lowest BCUT2D eigenvalue weighted by molar-refractivity contribution is 0.0618. The zero-order valence-corrected chi connectivity index (χ0v) is 14.6. The number of nitrogens with zero attached hydrogens (tertiary/aromatic N) is 5. The zero-order valence-electron chi connectivity index (χ0n) is 14.6. The van der Waals surface area contributed by atoms with Crippen LogP contribution in [0.1, 0.15) is 41.3 Å². The fraction of sp³-hybridized carbons (Fsp3) is 0.556. The average molecular weight is 340 g/mol. The van der Waals surface area contributed by atoms with E-state index < -0.39 is 0 Å². The number of likely N-dealkylation sites (tertiary alicyclic amines) is 1. The van der Waals surface area contributed by atoms with E-state index in [-0.39, 0.29) is 11.3 Å². The van der Waals surface area contributed by atoms with Gasteiger partial charge in [0.1, 0.15) is 5.82 Å². The molecule has 2 aliphatic heterocycles. The van der Waals surface area contributed by atoms with Gasteiger partial charge in [-0.05, 0) is 49.4 Å². The van der Waals surface area contributed by atoms with E-state index in [9.17, 15) is 4.79 Å². The first-order valence-electron chi connectivity index (χ1n) is 8.95. The Hall–Kier alpha value is -2.28. The summed E-state index contributed by atoms with van der Waals surface area (Å²) >= 11 is 0. The van der Waals surface area contributed by atoms with Gasteiger partial charge in [0.15, 0.2) is 0 Å². The summed E-state index contributed by atoms with van der Waals surface area (Å²) in [5.74, 6) is 1.25. The highest BCUT2D eigenvalue weighted by atomic mass is 16.2. The second-order valence-electron chi connectivity index (χ2n) is 7.24. The number of hydrogen-bond acceptors (Lipinski definition) is 5. The van der Waals surface area contributed by atoms with Crippen molar-refractivity contribution in [2.45, 2.75) is 38.8 Å². The van der Waals surface area contributed by atoms with Crippen LogP contribution in [0.15, 0.2) is 24.5 Å². The predicted molar refractivity (Wildman–Crippen MR) is 92.9 cm³/mol. The molecule has 1 saturated heterocycles. The number of amides is 1. The van der Waals surface area contributed by atoms with Gasteiger partial charge >= 0.3 is 0 Å². The fourth-order valence-electron chi connectivity index (χ4n) is 4.10. The molecule has 2 aromatic rings. The molecule has 0 bridgehead atoms. The van der Waals surface area contributed by atoms with Crippen LogP contribution in [0.25, 0.3) is 0 Å². The Bertz CT molecular complexity index is 748. The van der Waals surface area contributed by atoms with E-state index in [4.69, 9.17) is 0 Å². The lowest BCUT2D eigenvalue weighted by Gasteiger charge is -2.44. The molecular weight excluding hydrogens is 316 g/mol. The fourth-order valence-corrected chi connectivity index (χ4v) is 4.10. The number of carbonyl (C=O) groups excluding carboxylic acids is 1. The Kier molecular flexibility index (Phi) is 4.25. The van der Waals surface area contributed by atoms with Crippen molar-refractivity contribution in [1.29, 1.82) is 0 Å². The van der Waals surface area contributed by atoms with Crippen LogP contribution >= 0.6 is 0 Å². The van der Waals surface area contributed by atoms with Gasteiger partial charge in [0.2, 0.25) is 5.82 Å². The van der Waals surface area contributed by atoms with Crippen molar-refractivity contribution in [3.8, 4) is 0 Å². The van der Waals surface area contributed by atoms with Gasteiger partial charge in [-0.1, -0.05) is 6.07 Å². The normalized spacial score (nSPS) is 19.6. The number of hydrogen-bond donors (Lipinski definition) is 1. The summed E-state index contributed by atoms with van der Waals surface area (Å²) in [5.41, 5.74) is 1.54. The molecule has 7 heteroatoms. The van der Waals surface area contributed by atoms with Crippen LogP contribution in [0.3, 0.4) is 0 Å². The molecule has 4 rings (SSSR count). The van der Waals surface area contributed by atoms with E-state index >= 15 is 0 Å². The average Bonchev–Trinajstić information content (AvgIpc) is 3.07. The smallest absolute Gasteiger partial charge is 0.288 e. The number of fused-ring (bicyclic) bond motifs is 1. The van der Waals surface area contributed by atoms with Crippen molar-refractivity contribution >= 4 is 5.91 Å². The zero-order chi connectivity index (χ0) is 17.3. The first kappa shape index (κ1) is 16.2. The first-order valence-corrected chi connectivity index (χ1v) is 8.95. The summed E-state index contributed by atoms with van der Waals surface area (Å²) in [5, 5.41) is 11.0. The maximum Gasteiger partial charge on any atom is 0.288 e. The molecule has 25 heavy (non-hydrogen) atoms. The van der Waals surface area contributed by atoms with Gasteiger partial charge in [0.25, 0.3) is 5.91 Å². The van der Waals surface area contributed by atoms with Crippen LogP contribution in [-0.2, 0) is 19.5 Å². The number of piperidine rings is 1. The van der Waals surface area contributed by atoms with E-state index in [1.54, 1.807) is 7.05 Å².